The minimum absolute atomic E-state index is 0.000484. The second-order valence-corrected chi connectivity index (χ2v) is 7.07. The van der Waals surface area contributed by atoms with Crippen molar-refractivity contribution in [3.05, 3.63) is 0 Å². The maximum absolute atomic E-state index is 11.9. The van der Waals surface area contributed by atoms with Gasteiger partial charge in [0.05, 0.1) is 11.5 Å². The van der Waals surface area contributed by atoms with Gasteiger partial charge in [-0.3, -0.25) is 4.79 Å². The van der Waals surface area contributed by atoms with Gasteiger partial charge in [-0.1, -0.05) is 0 Å². The highest BCUT2D eigenvalue weighted by molar-refractivity contribution is 7.91. The number of hydrogen-bond acceptors (Lipinski definition) is 5. The molecule has 10 heteroatoms. The first-order valence-corrected chi connectivity index (χ1v) is 8.24. The lowest BCUT2D eigenvalue weighted by Gasteiger charge is -2.28. The third-order valence-corrected chi connectivity index (χ3v) is 4.72. The first-order valence-electron chi connectivity index (χ1n) is 6.42. The molecule has 120 valence electrons. The van der Waals surface area contributed by atoms with Crippen molar-refractivity contribution in [3.63, 3.8) is 0 Å². The number of carboxylic acid groups (broad SMARTS) is 2. The predicted octanol–water partition coefficient (Wildman–Crippen LogP) is -0.865. The van der Waals surface area contributed by atoms with Crippen molar-refractivity contribution in [1.82, 2.24) is 10.2 Å². The molecule has 0 aliphatic carbocycles. The number of carbonyl (C=O) groups is 3. The van der Waals surface area contributed by atoms with Gasteiger partial charge in [0.25, 0.3) is 0 Å². The molecular formula is C11H18N2O7S. The number of amides is 2. The zero-order valence-electron chi connectivity index (χ0n) is 11.3. The predicted molar refractivity (Wildman–Crippen MR) is 71.7 cm³/mol. The van der Waals surface area contributed by atoms with E-state index in [0.29, 0.717) is 0 Å². The molecule has 1 atom stereocenters. The van der Waals surface area contributed by atoms with Crippen molar-refractivity contribution in [3.8, 4) is 0 Å². The second kappa shape index (κ2) is 7.25. The van der Waals surface area contributed by atoms with Crippen LogP contribution in [0.15, 0.2) is 0 Å². The summed E-state index contributed by atoms with van der Waals surface area (Å²) < 4.78 is 22.5. The molecule has 1 aliphatic rings. The van der Waals surface area contributed by atoms with Crippen LogP contribution in [0.3, 0.4) is 0 Å². The van der Waals surface area contributed by atoms with Gasteiger partial charge in [0.15, 0.2) is 9.84 Å². The quantitative estimate of drug-likeness (QED) is 0.577. The zero-order chi connectivity index (χ0) is 16.0. The Morgan fingerprint density at radius 3 is 2.19 bits per heavy atom. The van der Waals surface area contributed by atoms with Gasteiger partial charge in [0, 0.05) is 19.5 Å². The Morgan fingerprint density at radius 1 is 1.14 bits per heavy atom. The lowest BCUT2D eigenvalue weighted by atomic mass is 10.1. The van der Waals surface area contributed by atoms with Gasteiger partial charge in [-0.15, -0.1) is 0 Å². The second-order valence-electron chi connectivity index (χ2n) is 4.77. The van der Waals surface area contributed by atoms with Crippen LogP contribution in [0.5, 0.6) is 0 Å². The molecule has 3 N–H and O–H groups in total. The third kappa shape index (κ3) is 5.98. The minimum Gasteiger partial charge on any atom is -0.481 e. The van der Waals surface area contributed by atoms with Crippen molar-refractivity contribution >= 4 is 27.8 Å². The van der Waals surface area contributed by atoms with E-state index >= 15 is 0 Å². The molecule has 1 heterocycles. The molecule has 9 nitrogen and oxygen atoms in total. The van der Waals surface area contributed by atoms with Gasteiger partial charge in [-0.25, -0.2) is 18.0 Å². The van der Waals surface area contributed by atoms with E-state index in [1.54, 1.807) is 0 Å². The van der Waals surface area contributed by atoms with Crippen molar-refractivity contribution in [1.29, 1.82) is 0 Å². The van der Waals surface area contributed by atoms with Crippen LogP contribution in [-0.2, 0) is 19.4 Å². The summed E-state index contributed by atoms with van der Waals surface area (Å²) in [5.74, 6) is -2.57. The number of nitrogens with one attached hydrogen (secondary N) is 1. The molecule has 0 aromatic carbocycles. The van der Waals surface area contributed by atoms with Crippen molar-refractivity contribution in [2.45, 2.75) is 25.3 Å². The van der Waals surface area contributed by atoms with Crippen LogP contribution in [0.4, 0.5) is 4.79 Å². The van der Waals surface area contributed by atoms with E-state index in [1.165, 1.54) is 4.90 Å². The number of sulfone groups is 1. The van der Waals surface area contributed by atoms with Gasteiger partial charge in [0.2, 0.25) is 0 Å². The van der Waals surface area contributed by atoms with Gasteiger partial charge < -0.3 is 20.4 Å². The monoisotopic (exact) mass is 322 g/mol. The zero-order valence-corrected chi connectivity index (χ0v) is 12.1. The molecule has 0 spiro atoms. The minimum atomic E-state index is -3.12. The highest BCUT2D eigenvalue weighted by atomic mass is 32.2. The molecule has 0 bridgehead atoms. The number of rotatable bonds is 6. The lowest BCUT2D eigenvalue weighted by Crippen LogP contribution is -2.52. The number of urea groups is 1. The normalized spacial score (nSPS) is 18.8. The fourth-order valence-electron chi connectivity index (χ4n) is 1.87. The van der Waals surface area contributed by atoms with Crippen LogP contribution < -0.4 is 5.32 Å². The molecule has 1 rings (SSSR count). The van der Waals surface area contributed by atoms with Gasteiger partial charge in [-0.05, 0) is 12.8 Å². The van der Waals surface area contributed by atoms with E-state index in [9.17, 15) is 22.8 Å². The molecular weight excluding hydrogens is 304 g/mol. The highest BCUT2D eigenvalue weighted by Gasteiger charge is 2.28. The standard InChI is InChI=1S/C11H18N2O7S/c14-9(15)3-1-2-8(10(16)17)12-11(18)13-4-6-21(19,20)7-5-13/h8H,1-7H2,(H,12,18)(H,14,15)(H,16,17)/t8-/m1/s1. The van der Waals surface area contributed by atoms with E-state index in [2.05, 4.69) is 5.32 Å². The lowest BCUT2D eigenvalue weighted by molar-refractivity contribution is -0.140. The van der Waals surface area contributed by atoms with E-state index < -0.39 is 33.8 Å². The van der Waals surface area contributed by atoms with E-state index in [0.717, 1.165) is 0 Å². The topological polar surface area (TPSA) is 141 Å². The van der Waals surface area contributed by atoms with E-state index in [-0.39, 0.29) is 43.9 Å². The Labute approximate surface area is 121 Å². The van der Waals surface area contributed by atoms with Crippen LogP contribution in [0.1, 0.15) is 19.3 Å². The van der Waals surface area contributed by atoms with Gasteiger partial charge >= 0.3 is 18.0 Å². The number of aliphatic carboxylic acids is 2. The summed E-state index contributed by atoms with van der Waals surface area (Å²) in [5.41, 5.74) is 0. The molecule has 1 aliphatic heterocycles. The summed E-state index contributed by atoms with van der Waals surface area (Å²) in [6.45, 7) is 0.0469. The van der Waals surface area contributed by atoms with Gasteiger partial charge in [-0.2, -0.15) is 0 Å². The first-order chi connectivity index (χ1) is 9.71. The summed E-state index contributed by atoms with van der Waals surface area (Å²) >= 11 is 0. The molecule has 0 radical (unpaired) electrons. The van der Waals surface area contributed by atoms with Crippen LogP contribution >= 0.6 is 0 Å². The average Bonchev–Trinajstić information content (AvgIpc) is 2.36. The Kier molecular flexibility index (Phi) is 5.94. The summed E-state index contributed by atoms with van der Waals surface area (Å²) in [6.07, 6.45) is -0.0535. The molecule has 1 saturated heterocycles. The molecule has 0 aromatic rings. The van der Waals surface area contributed by atoms with Crippen molar-refractivity contribution in [2.24, 2.45) is 0 Å². The molecule has 2 amide bonds. The number of nitrogens with zero attached hydrogens (tertiary/aromatic N) is 1. The SMILES string of the molecule is O=C(O)CCC[C@@H](NC(=O)N1CCS(=O)(=O)CC1)C(=O)O. The van der Waals surface area contributed by atoms with Crippen LogP contribution in [0, 0.1) is 0 Å². The Bertz CT molecular complexity index is 503. The first kappa shape index (κ1) is 17.2. The van der Waals surface area contributed by atoms with E-state index in [1.807, 2.05) is 0 Å². The Morgan fingerprint density at radius 2 is 1.71 bits per heavy atom. The largest absolute Gasteiger partial charge is 0.481 e. The third-order valence-electron chi connectivity index (χ3n) is 3.11. The fraction of sp³-hybridized carbons (Fsp3) is 0.727. The Balaban J connectivity index is 2.49. The number of hydrogen-bond donors (Lipinski definition) is 3. The van der Waals surface area contributed by atoms with Crippen LogP contribution in [0.25, 0.3) is 0 Å². The molecule has 0 aromatic heterocycles. The summed E-state index contributed by atoms with van der Waals surface area (Å²) in [6, 6.07) is -1.83. The average molecular weight is 322 g/mol. The molecule has 0 saturated carbocycles. The summed E-state index contributed by atoms with van der Waals surface area (Å²) in [7, 11) is -3.12. The summed E-state index contributed by atoms with van der Waals surface area (Å²) in [4.78, 5) is 34.5. The smallest absolute Gasteiger partial charge is 0.326 e. The maximum Gasteiger partial charge on any atom is 0.326 e. The van der Waals surface area contributed by atoms with Crippen molar-refractivity contribution in [2.75, 3.05) is 24.6 Å². The maximum atomic E-state index is 11.9. The van der Waals surface area contributed by atoms with Crippen LogP contribution in [-0.4, -0.2) is 72.1 Å². The molecule has 1 fully saturated rings. The molecule has 0 unspecified atom stereocenters. The summed E-state index contributed by atoms with van der Waals surface area (Å²) in [5, 5.41) is 19.8. The van der Waals surface area contributed by atoms with Crippen LogP contribution in [0.2, 0.25) is 0 Å². The number of carboxylic acids is 2. The van der Waals surface area contributed by atoms with Crippen molar-refractivity contribution < 1.29 is 33.0 Å². The molecule has 21 heavy (non-hydrogen) atoms. The van der Waals surface area contributed by atoms with Gasteiger partial charge in [0.1, 0.15) is 6.04 Å². The fourth-order valence-corrected chi connectivity index (χ4v) is 3.07. The number of carbonyl (C=O) groups excluding carboxylic acids is 1. The Hall–Kier alpha value is -1.84. The highest BCUT2D eigenvalue weighted by Crippen LogP contribution is 2.06. The van der Waals surface area contributed by atoms with E-state index in [4.69, 9.17) is 10.2 Å².